The topological polar surface area (TPSA) is 46.5 Å². The van der Waals surface area contributed by atoms with Crippen LogP contribution in [0.15, 0.2) is 0 Å². The van der Waals surface area contributed by atoms with Crippen LogP contribution in [0.4, 0.5) is 13.2 Å². The largest absolute Gasteiger partial charge is 0.481 e. The number of hydrogen-bond donors (Lipinski definition) is 1. The fraction of sp³-hybridized carbons (Fsp3) is 0.875. The van der Waals surface area contributed by atoms with E-state index in [9.17, 15) is 18.0 Å². The Labute approximate surface area is 90.0 Å². The molecule has 15 heavy (non-hydrogen) atoms. The number of thioether (sulfide) groups is 1. The zero-order valence-electron chi connectivity index (χ0n) is 8.21. The van der Waals surface area contributed by atoms with Crippen LogP contribution < -0.4 is 0 Å². The molecule has 0 aliphatic carbocycles. The number of carbonyl (C=O) groups is 1. The smallest absolute Gasteiger partial charge is 0.411 e. The molecule has 0 amide bonds. The van der Waals surface area contributed by atoms with Gasteiger partial charge in [0.25, 0.3) is 0 Å². The van der Waals surface area contributed by atoms with Gasteiger partial charge in [0.2, 0.25) is 0 Å². The van der Waals surface area contributed by atoms with Crippen molar-refractivity contribution in [3.8, 4) is 0 Å². The molecule has 7 heteroatoms. The van der Waals surface area contributed by atoms with Crippen LogP contribution in [0.3, 0.4) is 0 Å². The van der Waals surface area contributed by atoms with Crippen molar-refractivity contribution in [1.82, 2.24) is 0 Å². The minimum Gasteiger partial charge on any atom is -0.481 e. The second-order valence-corrected chi connectivity index (χ2v) is 4.49. The van der Waals surface area contributed by atoms with E-state index in [0.717, 1.165) is 0 Å². The summed E-state index contributed by atoms with van der Waals surface area (Å²) in [5.74, 6) is -0.545. The molecule has 1 unspecified atom stereocenters. The number of carboxylic acid groups (broad SMARTS) is 1. The maximum Gasteiger partial charge on any atom is 0.411 e. The number of rotatable bonds is 7. The van der Waals surface area contributed by atoms with Gasteiger partial charge in [-0.15, -0.1) is 0 Å². The average Bonchev–Trinajstić information content (AvgIpc) is 1.99. The Hall–Kier alpha value is -0.430. The molecule has 0 spiro atoms. The lowest BCUT2D eigenvalue weighted by Crippen LogP contribution is -2.18. The Bertz CT molecular complexity index is 196. The van der Waals surface area contributed by atoms with Gasteiger partial charge in [0.15, 0.2) is 0 Å². The molecule has 0 saturated heterocycles. The Morgan fingerprint density at radius 1 is 1.53 bits per heavy atom. The Morgan fingerprint density at radius 2 is 2.13 bits per heavy atom. The van der Waals surface area contributed by atoms with Crippen molar-refractivity contribution in [2.75, 3.05) is 19.0 Å². The molecule has 1 N–H and O–H groups in total. The van der Waals surface area contributed by atoms with E-state index in [-0.39, 0.29) is 18.3 Å². The normalized spacial score (nSPS) is 13.9. The van der Waals surface area contributed by atoms with E-state index in [0.29, 0.717) is 5.75 Å². The van der Waals surface area contributed by atoms with Gasteiger partial charge in [0.1, 0.15) is 6.61 Å². The molecule has 0 heterocycles. The van der Waals surface area contributed by atoms with Crippen LogP contribution in [0.2, 0.25) is 0 Å². The van der Waals surface area contributed by atoms with Crippen LogP contribution in [0.1, 0.15) is 13.3 Å². The van der Waals surface area contributed by atoms with Gasteiger partial charge in [-0.25, -0.2) is 0 Å². The zero-order chi connectivity index (χ0) is 11.9. The van der Waals surface area contributed by atoms with Crippen molar-refractivity contribution >= 4 is 17.7 Å². The van der Waals surface area contributed by atoms with Crippen molar-refractivity contribution in [3.63, 3.8) is 0 Å². The van der Waals surface area contributed by atoms with Gasteiger partial charge in [-0.05, 0) is 0 Å². The molecule has 0 saturated carbocycles. The van der Waals surface area contributed by atoms with Gasteiger partial charge in [-0.1, -0.05) is 6.92 Å². The van der Waals surface area contributed by atoms with Crippen LogP contribution in [0.5, 0.6) is 0 Å². The molecular weight excluding hydrogens is 233 g/mol. The quantitative estimate of drug-likeness (QED) is 0.699. The summed E-state index contributed by atoms with van der Waals surface area (Å²) in [6.07, 6.45) is -4.29. The third-order valence-corrected chi connectivity index (χ3v) is 2.50. The van der Waals surface area contributed by atoms with Crippen molar-refractivity contribution in [1.29, 1.82) is 0 Å². The monoisotopic (exact) mass is 246 g/mol. The number of ether oxygens (including phenoxy) is 1. The third kappa shape index (κ3) is 11.5. The number of halogens is 3. The first-order valence-electron chi connectivity index (χ1n) is 4.29. The van der Waals surface area contributed by atoms with Crippen molar-refractivity contribution < 1.29 is 27.8 Å². The number of hydrogen-bond acceptors (Lipinski definition) is 3. The van der Waals surface area contributed by atoms with Gasteiger partial charge < -0.3 is 9.84 Å². The van der Waals surface area contributed by atoms with Crippen LogP contribution in [0, 0.1) is 0 Å². The van der Waals surface area contributed by atoms with Gasteiger partial charge in [0.05, 0.1) is 13.0 Å². The molecule has 0 bridgehead atoms. The molecule has 0 aliphatic heterocycles. The average molecular weight is 246 g/mol. The van der Waals surface area contributed by atoms with E-state index in [2.05, 4.69) is 4.74 Å². The van der Waals surface area contributed by atoms with Crippen molar-refractivity contribution in [2.45, 2.75) is 24.8 Å². The minimum absolute atomic E-state index is 0.00391. The summed E-state index contributed by atoms with van der Waals surface area (Å²) in [5, 5.41) is 8.29. The highest BCUT2D eigenvalue weighted by atomic mass is 32.2. The summed E-state index contributed by atoms with van der Waals surface area (Å²) in [7, 11) is 0. The van der Waals surface area contributed by atoms with Crippen LogP contribution in [0.25, 0.3) is 0 Å². The standard InChI is InChI=1S/C8H13F3O3S/c1-6(4-7(12)13)15-3-2-14-5-8(9,10)11/h6H,2-5H2,1H3,(H,12,13). The van der Waals surface area contributed by atoms with E-state index in [1.54, 1.807) is 6.92 Å². The molecule has 0 radical (unpaired) electrons. The predicted octanol–water partition coefficient (Wildman–Crippen LogP) is 2.16. The maximum atomic E-state index is 11.6. The maximum absolute atomic E-state index is 11.6. The molecule has 0 aromatic rings. The predicted molar refractivity (Wildman–Crippen MR) is 51.0 cm³/mol. The second kappa shape index (κ2) is 6.95. The molecule has 3 nitrogen and oxygen atoms in total. The second-order valence-electron chi connectivity index (χ2n) is 2.95. The lowest BCUT2D eigenvalue weighted by atomic mass is 10.3. The Morgan fingerprint density at radius 3 is 2.60 bits per heavy atom. The van der Waals surface area contributed by atoms with Crippen molar-refractivity contribution in [3.05, 3.63) is 0 Å². The summed E-state index contributed by atoms with van der Waals surface area (Å²) in [4.78, 5) is 10.2. The molecule has 0 aromatic carbocycles. The van der Waals surface area contributed by atoms with E-state index < -0.39 is 18.8 Å². The third-order valence-electron chi connectivity index (χ3n) is 1.36. The number of carboxylic acids is 1. The number of aliphatic carboxylic acids is 1. The lowest BCUT2D eigenvalue weighted by Gasteiger charge is -2.09. The first kappa shape index (κ1) is 14.6. The highest BCUT2D eigenvalue weighted by Crippen LogP contribution is 2.16. The fourth-order valence-corrected chi connectivity index (χ4v) is 1.68. The summed E-state index contributed by atoms with van der Waals surface area (Å²) in [5.41, 5.74) is 0. The van der Waals surface area contributed by atoms with E-state index in [4.69, 9.17) is 5.11 Å². The molecular formula is C8H13F3O3S. The molecule has 0 fully saturated rings. The summed E-state index contributed by atoms with van der Waals surface area (Å²) in [6.45, 7) is 0.442. The van der Waals surface area contributed by atoms with E-state index >= 15 is 0 Å². The summed E-state index contributed by atoms with van der Waals surface area (Å²) < 4.78 is 39.2. The highest BCUT2D eigenvalue weighted by molar-refractivity contribution is 7.99. The van der Waals surface area contributed by atoms with Crippen LogP contribution in [-0.2, 0) is 9.53 Å². The SMILES string of the molecule is CC(CC(=O)O)SCCOCC(F)(F)F. The van der Waals surface area contributed by atoms with Crippen molar-refractivity contribution in [2.24, 2.45) is 0 Å². The first-order chi connectivity index (χ1) is 6.81. The van der Waals surface area contributed by atoms with E-state index in [1.165, 1.54) is 11.8 Å². The van der Waals surface area contributed by atoms with Gasteiger partial charge in [-0.3, -0.25) is 4.79 Å². The summed E-state index contributed by atoms with van der Waals surface area (Å²) >= 11 is 1.28. The molecule has 90 valence electrons. The Kier molecular flexibility index (Phi) is 6.75. The van der Waals surface area contributed by atoms with Crippen LogP contribution in [-0.4, -0.2) is 41.5 Å². The lowest BCUT2D eigenvalue weighted by molar-refractivity contribution is -0.172. The van der Waals surface area contributed by atoms with Crippen LogP contribution >= 0.6 is 11.8 Å². The first-order valence-corrected chi connectivity index (χ1v) is 5.34. The molecule has 0 aliphatic rings. The highest BCUT2D eigenvalue weighted by Gasteiger charge is 2.27. The van der Waals surface area contributed by atoms with Gasteiger partial charge in [-0.2, -0.15) is 24.9 Å². The minimum atomic E-state index is -4.29. The number of alkyl halides is 3. The van der Waals surface area contributed by atoms with Gasteiger partial charge >= 0.3 is 12.1 Å². The fourth-order valence-electron chi connectivity index (χ4n) is 0.801. The zero-order valence-corrected chi connectivity index (χ0v) is 9.03. The van der Waals surface area contributed by atoms with Gasteiger partial charge in [0, 0.05) is 11.0 Å². The van der Waals surface area contributed by atoms with E-state index in [1.807, 2.05) is 0 Å². The molecule has 1 atom stereocenters. The summed E-state index contributed by atoms with van der Waals surface area (Å²) in [6, 6.07) is 0. The molecule has 0 aromatic heterocycles. The molecule has 0 rings (SSSR count). The Balaban J connectivity index is 3.35.